The van der Waals surface area contributed by atoms with E-state index in [0.29, 0.717) is 29.5 Å². The summed E-state index contributed by atoms with van der Waals surface area (Å²) in [7, 11) is 0. The molecule has 0 N–H and O–H groups in total. The molecule has 0 aromatic heterocycles. The number of carbonyl (C=O) groups is 2. The highest BCUT2D eigenvalue weighted by atomic mass is 16.5. The summed E-state index contributed by atoms with van der Waals surface area (Å²) in [5.41, 5.74) is 0.542. The van der Waals surface area contributed by atoms with Crippen LogP contribution in [-0.4, -0.2) is 17.9 Å². The Bertz CT molecular complexity index is 627. The second kappa shape index (κ2) is 8.35. The van der Waals surface area contributed by atoms with Gasteiger partial charge < -0.3 is 4.74 Å². The van der Waals surface area contributed by atoms with Gasteiger partial charge in [0.1, 0.15) is 11.9 Å². The zero-order chi connectivity index (χ0) is 20.6. The van der Waals surface area contributed by atoms with Gasteiger partial charge in [0, 0.05) is 24.7 Å². The Morgan fingerprint density at radius 2 is 1.76 bits per heavy atom. The minimum atomic E-state index is 0.0385. The van der Waals surface area contributed by atoms with E-state index in [0.717, 1.165) is 50.4 Å². The van der Waals surface area contributed by atoms with Gasteiger partial charge in [-0.3, -0.25) is 9.59 Å². The molecule has 3 nitrogen and oxygen atoms in total. The quantitative estimate of drug-likeness (QED) is 0.377. The number of fused-ring (bicyclic) bond motifs is 5. The zero-order valence-electron chi connectivity index (χ0n) is 19.0. The Kier molecular flexibility index (Phi) is 6.15. The van der Waals surface area contributed by atoms with Gasteiger partial charge in [-0.2, -0.15) is 0 Å². The maximum atomic E-state index is 12.5. The molecule has 0 spiro atoms. The standard InChI is InChI=1S/C26H42O3/c1-4-5-6-7-8-24(28)29-23-12-11-21-20-10-9-18-17-19(27)13-15-25(18,2)22(20)14-16-26(21,23)3/h18,20-23H,4-17H2,1-3H3/t18-,20-,21-,22-,23?,25-,26-/m0/s1. The Morgan fingerprint density at radius 1 is 0.966 bits per heavy atom. The zero-order valence-corrected chi connectivity index (χ0v) is 19.0. The number of unbranched alkanes of at least 4 members (excludes halogenated alkanes) is 3. The van der Waals surface area contributed by atoms with Crippen molar-refractivity contribution < 1.29 is 14.3 Å². The summed E-state index contributed by atoms with van der Waals surface area (Å²) in [6.07, 6.45) is 15.3. The molecule has 4 saturated carbocycles. The average molecular weight is 403 g/mol. The molecule has 0 amide bonds. The first kappa shape index (κ1) is 21.4. The lowest BCUT2D eigenvalue weighted by atomic mass is 9.45. The van der Waals surface area contributed by atoms with Crippen LogP contribution in [0.15, 0.2) is 0 Å². The molecule has 1 unspecified atom stereocenters. The second-order valence-corrected chi connectivity index (χ2v) is 11.3. The van der Waals surface area contributed by atoms with Crippen molar-refractivity contribution in [3.63, 3.8) is 0 Å². The van der Waals surface area contributed by atoms with Crippen LogP contribution in [0.1, 0.15) is 111 Å². The smallest absolute Gasteiger partial charge is 0.306 e. The number of ketones is 1. The molecule has 164 valence electrons. The van der Waals surface area contributed by atoms with E-state index in [2.05, 4.69) is 20.8 Å². The van der Waals surface area contributed by atoms with E-state index < -0.39 is 0 Å². The van der Waals surface area contributed by atoms with Crippen molar-refractivity contribution in [3.05, 3.63) is 0 Å². The van der Waals surface area contributed by atoms with E-state index in [-0.39, 0.29) is 17.5 Å². The molecule has 3 heteroatoms. The molecular weight excluding hydrogens is 360 g/mol. The third-order valence-corrected chi connectivity index (χ3v) is 9.90. The minimum absolute atomic E-state index is 0.0385. The van der Waals surface area contributed by atoms with Crippen molar-refractivity contribution in [2.45, 2.75) is 117 Å². The number of ether oxygens (including phenoxy) is 1. The maximum Gasteiger partial charge on any atom is 0.306 e. The molecule has 0 aliphatic heterocycles. The van der Waals surface area contributed by atoms with Crippen LogP contribution in [0.25, 0.3) is 0 Å². The summed E-state index contributed by atoms with van der Waals surface area (Å²) in [5, 5.41) is 0. The van der Waals surface area contributed by atoms with E-state index in [1.807, 2.05) is 0 Å². The summed E-state index contributed by atoms with van der Waals surface area (Å²) in [6.45, 7) is 7.13. The first-order valence-corrected chi connectivity index (χ1v) is 12.6. The number of rotatable bonds is 6. The second-order valence-electron chi connectivity index (χ2n) is 11.3. The maximum absolute atomic E-state index is 12.5. The number of hydrogen-bond donors (Lipinski definition) is 0. The number of esters is 1. The SMILES string of the molecule is CCCCCCC(=O)OC1CC[C@H]2[C@@H]3CC[C@H]4CC(=O)CC[C@]4(C)[C@H]3CC[C@]12C. The Balaban J connectivity index is 1.41. The fourth-order valence-corrected chi connectivity index (χ4v) is 8.10. The van der Waals surface area contributed by atoms with Crippen LogP contribution in [0.2, 0.25) is 0 Å². The topological polar surface area (TPSA) is 43.4 Å². The molecule has 0 aromatic carbocycles. The Hall–Kier alpha value is -0.860. The molecule has 7 atom stereocenters. The summed E-state index contributed by atoms with van der Waals surface area (Å²) in [5.74, 6) is 3.41. The highest BCUT2D eigenvalue weighted by Gasteiger charge is 2.61. The van der Waals surface area contributed by atoms with Crippen molar-refractivity contribution >= 4 is 11.8 Å². The number of carbonyl (C=O) groups excluding carboxylic acids is 2. The van der Waals surface area contributed by atoms with Crippen molar-refractivity contribution in [2.75, 3.05) is 0 Å². The summed E-state index contributed by atoms with van der Waals surface area (Å²) in [4.78, 5) is 24.5. The van der Waals surface area contributed by atoms with Gasteiger partial charge in [-0.25, -0.2) is 0 Å². The predicted molar refractivity (Wildman–Crippen MR) is 115 cm³/mol. The predicted octanol–water partition coefficient (Wildman–Crippen LogP) is 6.48. The van der Waals surface area contributed by atoms with Crippen LogP contribution in [0.5, 0.6) is 0 Å². The molecule has 0 aromatic rings. The van der Waals surface area contributed by atoms with Crippen LogP contribution >= 0.6 is 0 Å². The van der Waals surface area contributed by atoms with Crippen LogP contribution in [0.4, 0.5) is 0 Å². The van der Waals surface area contributed by atoms with E-state index in [1.54, 1.807) is 0 Å². The third kappa shape index (κ3) is 3.81. The van der Waals surface area contributed by atoms with E-state index in [1.165, 1.54) is 44.9 Å². The molecule has 0 saturated heterocycles. The fraction of sp³-hybridized carbons (Fsp3) is 0.923. The summed E-state index contributed by atoms with van der Waals surface area (Å²) >= 11 is 0. The largest absolute Gasteiger partial charge is 0.462 e. The third-order valence-electron chi connectivity index (χ3n) is 9.90. The highest BCUT2D eigenvalue weighted by molar-refractivity contribution is 5.79. The molecule has 0 radical (unpaired) electrons. The normalized spacial score (nSPS) is 44.0. The van der Waals surface area contributed by atoms with Crippen molar-refractivity contribution in [3.8, 4) is 0 Å². The van der Waals surface area contributed by atoms with E-state index in [4.69, 9.17) is 4.74 Å². The fourth-order valence-electron chi connectivity index (χ4n) is 8.10. The van der Waals surface area contributed by atoms with Gasteiger partial charge in [-0.1, -0.05) is 40.0 Å². The van der Waals surface area contributed by atoms with Gasteiger partial charge in [0.2, 0.25) is 0 Å². The van der Waals surface area contributed by atoms with Crippen molar-refractivity contribution in [2.24, 2.45) is 34.5 Å². The van der Waals surface area contributed by atoms with Crippen LogP contribution in [0, 0.1) is 34.5 Å². The van der Waals surface area contributed by atoms with Gasteiger partial charge in [-0.05, 0) is 80.5 Å². The van der Waals surface area contributed by atoms with Crippen LogP contribution in [0.3, 0.4) is 0 Å². The molecule has 4 rings (SSSR count). The molecule has 4 fully saturated rings. The van der Waals surface area contributed by atoms with E-state index in [9.17, 15) is 9.59 Å². The van der Waals surface area contributed by atoms with Crippen molar-refractivity contribution in [1.29, 1.82) is 0 Å². The number of hydrogen-bond acceptors (Lipinski definition) is 3. The molecule has 0 bridgehead atoms. The first-order valence-electron chi connectivity index (χ1n) is 12.6. The van der Waals surface area contributed by atoms with Gasteiger partial charge >= 0.3 is 5.97 Å². The van der Waals surface area contributed by atoms with Crippen LogP contribution < -0.4 is 0 Å². The summed E-state index contributed by atoms with van der Waals surface area (Å²) < 4.78 is 6.11. The molecule has 0 heterocycles. The molecule has 4 aliphatic carbocycles. The van der Waals surface area contributed by atoms with Gasteiger partial charge in [-0.15, -0.1) is 0 Å². The lowest BCUT2D eigenvalue weighted by Gasteiger charge is -2.60. The molecule has 29 heavy (non-hydrogen) atoms. The van der Waals surface area contributed by atoms with Crippen LogP contribution in [-0.2, 0) is 14.3 Å². The van der Waals surface area contributed by atoms with Gasteiger partial charge in [0.15, 0.2) is 0 Å². The first-order chi connectivity index (χ1) is 13.9. The van der Waals surface area contributed by atoms with Gasteiger partial charge in [0.05, 0.1) is 0 Å². The van der Waals surface area contributed by atoms with E-state index >= 15 is 0 Å². The molecular formula is C26H42O3. The highest BCUT2D eigenvalue weighted by Crippen LogP contribution is 2.66. The Labute approximate surface area is 177 Å². The molecule has 4 aliphatic rings. The Morgan fingerprint density at radius 3 is 2.55 bits per heavy atom. The lowest BCUT2D eigenvalue weighted by Crippen LogP contribution is -2.54. The van der Waals surface area contributed by atoms with Crippen molar-refractivity contribution in [1.82, 2.24) is 0 Å². The van der Waals surface area contributed by atoms with Gasteiger partial charge in [0.25, 0.3) is 0 Å². The number of Topliss-reactive ketones (excluding diaryl/α,β-unsaturated/α-hetero) is 1. The monoisotopic (exact) mass is 402 g/mol. The minimum Gasteiger partial charge on any atom is -0.462 e. The summed E-state index contributed by atoms with van der Waals surface area (Å²) in [6, 6.07) is 0. The average Bonchev–Trinajstić information content (AvgIpc) is 3.02. The lowest BCUT2D eigenvalue weighted by molar-refractivity contribution is -0.164.